The lowest BCUT2D eigenvalue weighted by molar-refractivity contribution is 0.186. The van der Waals surface area contributed by atoms with Crippen molar-refractivity contribution < 1.29 is 0 Å². The summed E-state index contributed by atoms with van der Waals surface area (Å²) in [6.07, 6.45) is 6.47. The molecule has 2 aliphatic rings. The van der Waals surface area contributed by atoms with E-state index in [1.54, 1.807) is 6.20 Å². The van der Waals surface area contributed by atoms with E-state index in [2.05, 4.69) is 25.9 Å². The van der Waals surface area contributed by atoms with Gasteiger partial charge in [-0.25, -0.2) is 9.97 Å². The van der Waals surface area contributed by atoms with Gasteiger partial charge >= 0.3 is 0 Å². The number of pyridine rings is 3. The third-order valence-electron chi connectivity index (χ3n) is 6.49. The topological polar surface area (TPSA) is 120 Å². The van der Waals surface area contributed by atoms with Gasteiger partial charge in [-0.15, -0.1) is 0 Å². The van der Waals surface area contributed by atoms with Crippen LogP contribution in [-0.2, 0) is 6.42 Å². The summed E-state index contributed by atoms with van der Waals surface area (Å²) in [4.78, 5) is 17.1. The maximum absolute atomic E-state index is 6.66. The lowest BCUT2D eigenvalue weighted by Crippen LogP contribution is -2.44. The van der Waals surface area contributed by atoms with Crippen LogP contribution in [0.3, 0.4) is 0 Å². The van der Waals surface area contributed by atoms with Crippen LogP contribution < -0.4 is 22.1 Å². The molecule has 6 N–H and O–H groups in total. The van der Waals surface area contributed by atoms with Crippen molar-refractivity contribution in [1.82, 2.24) is 15.0 Å². The number of piperidine rings is 1. The molecule has 7 nitrogen and oxygen atoms in total. The molecule has 3 aromatic heterocycles. The fraction of sp³-hybridized carbons (Fsp3) is 0.318. The lowest BCUT2D eigenvalue weighted by atomic mass is 9.73. The third-order valence-corrected chi connectivity index (χ3v) is 8.13. The van der Waals surface area contributed by atoms with Gasteiger partial charge in [0.05, 0.1) is 9.92 Å². The predicted octanol–water partition coefficient (Wildman–Crippen LogP) is 3.68. The van der Waals surface area contributed by atoms with Gasteiger partial charge in [0.25, 0.3) is 0 Å². The van der Waals surface area contributed by atoms with E-state index in [0.717, 1.165) is 53.7 Å². The number of aromatic nitrogens is 3. The van der Waals surface area contributed by atoms with Crippen LogP contribution >= 0.6 is 23.4 Å². The average molecular weight is 454 g/mol. The molecule has 1 aliphatic carbocycles. The smallest absolute Gasteiger partial charge is 0.143 e. The molecule has 1 atom stereocenters. The number of halogens is 1. The molecular weight excluding hydrogens is 430 g/mol. The molecule has 0 aromatic carbocycles. The average Bonchev–Trinajstić information content (AvgIpc) is 3.05. The number of hydrogen-bond donors (Lipinski definition) is 3. The van der Waals surface area contributed by atoms with Gasteiger partial charge in [0.2, 0.25) is 0 Å². The van der Waals surface area contributed by atoms with E-state index in [4.69, 9.17) is 28.8 Å². The molecule has 0 amide bonds. The summed E-state index contributed by atoms with van der Waals surface area (Å²) in [5.41, 5.74) is 21.2. The van der Waals surface area contributed by atoms with Crippen molar-refractivity contribution >= 4 is 40.8 Å². The van der Waals surface area contributed by atoms with Gasteiger partial charge in [-0.05, 0) is 54.5 Å². The fourth-order valence-electron chi connectivity index (χ4n) is 4.68. The second-order valence-electron chi connectivity index (χ2n) is 8.21. The summed E-state index contributed by atoms with van der Waals surface area (Å²) in [5.74, 6) is 1.67. The van der Waals surface area contributed by atoms with Gasteiger partial charge in [-0.1, -0.05) is 29.4 Å². The van der Waals surface area contributed by atoms with Crippen LogP contribution in [0.2, 0.25) is 5.02 Å². The Morgan fingerprint density at radius 3 is 2.55 bits per heavy atom. The number of nitrogens with zero attached hydrogens (tertiary/aromatic N) is 4. The molecule has 0 radical (unpaired) electrons. The van der Waals surface area contributed by atoms with Crippen molar-refractivity contribution in [2.75, 3.05) is 29.5 Å². The van der Waals surface area contributed by atoms with Crippen LogP contribution in [0.1, 0.15) is 30.1 Å². The number of hydrogen-bond acceptors (Lipinski definition) is 8. The Labute approximate surface area is 190 Å². The summed E-state index contributed by atoms with van der Waals surface area (Å²) >= 11 is 7.70. The highest BCUT2D eigenvalue weighted by atomic mass is 35.5. The highest BCUT2D eigenvalue weighted by Gasteiger charge is 2.46. The zero-order chi connectivity index (χ0) is 21.6. The molecule has 4 heterocycles. The van der Waals surface area contributed by atoms with E-state index < -0.39 is 0 Å². The number of rotatable bonds is 3. The molecular formula is C22H24ClN7S. The first-order valence-corrected chi connectivity index (χ1v) is 11.4. The number of anilines is 3. The predicted molar refractivity (Wildman–Crippen MR) is 125 cm³/mol. The largest absolute Gasteiger partial charge is 0.383 e. The zero-order valence-electron chi connectivity index (χ0n) is 17.0. The minimum atomic E-state index is 0.0488. The van der Waals surface area contributed by atoms with Crippen molar-refractivity contribution in [2.24, 2.45) is 11.1 Å². The Bertz CT molecular complexity index is 1130. The molecule has 1 aliphatic heterocycles. The SMILES string of the molecule is Nc1nc(N2CCC3(CC2)Cc2ncccc2[C@H]3N)ccc1Sc1ccnc(N)c1Cl. The minimum absolute atomic E-state index is 0.0488. The Morgan fingerprint density at radius 2 is 1.81 bits per heavy atom. The van der Waals surface area contributed by atoms with Crippen LogP contribution in [-0.4, -0.2) is 28.0 Å². The molecule has 1 saturated heterocycles. The van der Waals surface area contributed by atoms with E-state index in [9.17, 15) is 0 Å². The standard InChI is InChI=1S/C22H24ClN7S/c23-18-15(5-9-28-21(18)26)31-16-3-4-17(29-20(16)25)30-10-6-22(7-11-30)12-14-13(19(22)24)2-1-8-27-14/h1-5,8-9,19H,6-7,10-12,24H2,(H2,25,29)(H2,26,28)/t19-/m1/s1. The Morgan fingerprint density at radius 1 is 1.00 bits per heavy atom. The zero-order valence-corrected chi connectivity index (χ0v) is 18.5. The molecule has 0 bridgehead atoms. The first-order chi connectivity index (χ1) is 15.0. The normalized spacial score (nSPS) is 19.5. The van der Waals surface area contributed by atoms with Gasteiger partial charge in [-0.3, -0.25) is 4.98 Å². The van der Waals surface area contributed by atoms with Crippen molar-refractivity contribution in [1.29, 1.82) is 0 Å². The highest BCUT2D eigenvalue weighted by Crippen LogP contribution is 2.50. The van der Waals surface area contributed by atoms with Gasteiger partial charge in [0.15, 0.2) is 0 Å². The monoisotopic (exact) mass is 453 g/mol. The molecule has 1 spiro atoms. The van der Waals surface area contributed by atoms with E-state index in [0.29, 0.717) is 16.7 Å². The Balaban J connectivity index is 1.29. The maximum Gasteiger partial charge on any atom is 0.143 e. The van der Waals surface area contributed by atoms with Gasteiger partial charge in [0.1, 0.15) is 17.5 Å². The lowest BCUT2D eigenvalue weighted by Gasteiger charge is -2.42. The van der Waals surface area contributed by atoms with E-state index >= 15 is 0 Å². The van der Waals surface area contributed by atoms with E-state index in [1.807, 2.05) is 30.5 Å². The fourth-order valence-corrected chi connectivity index (χ4v) is 5.75. The minimum Gasteiger partial charge on any atom is -0.383 e. The van der Waals surface area contributed by atoms with Crippen LogP contribution in [0.4, 0.5) is 17.5 Å². The van der Waals surface area contributed by atoms with Crippen molar-refractivity contribution in [3.05, 3.63) is 59.0 Å². The molecule has 0 unspecified atom stereocenters. The van der Waals surface area contributed by atoms with Gasteiger partial charge in [0, 0.05) is 42.1 Å². The van der Waals surface area contributed by atoms with Crippen LogP contribution in [0.5, 0.6) is 0 Å². The van der Waals surface area contributed by atoms with E-state index in [-0.39, 0.29) is 11.5 Å². The van der Waals surface area contributed by atoms with Gasteiger partial charge < -0.3 is 22.1 Å². The second kappa shape index (κ2) is 7.85. The Kier molecular flexibility index (Phi) is 5.16. The summed E-state index contributed by atoms with van der Waals surface area (Å²) in [6, 6.07) is 9.97. The molecule has 5 rings (SSSR count). The number of nitrogen functional groups attached to an aromatic ring is 2. The van der Waals surface area contributed by atoms with E-state index in [1.165, 1.54) is 17.3 Å². The molecule has 3 aromatic rings. The molecule has 9 heteroatoms. The van der Waals surface area contributed by atoms with Crippen LogP contribution in [0, 0.1) is 5.41 Å². The van der Waals surface area contributed by atoms with Gasteiger partial charge in [-0.2, -0.15) is 0 Å². The van der Waals surface area contributed by atoms with Crippen molar-refractivity contribution in [3.8, 4) is 0 Å². The first kappa shape index (κ1) is 20.4. The number of nitrogens with two attached hydrogens (primary N) is 3. The van der Waals surface area contributed by atoms with Crippen molar-refractivity contribution in [3.63, 3.8) is 0 Å². The molecule has 0 saturated carbocycles. The summed E-state index contributed by atoms with van der Waals surface area (Å²) in [7, 11) is 0. The third kappa shape index (κ3) is 3.58. The molecule has 160 valence electrons. The summed E-state index contributed by atoms with van der Waals surface area (Å²) < 4.78 is 0. The maximum atomic E-state index is 6.66. The highest BCUT2D eigenvalue weighted by molar-refractivity contribution is 7.99. The quantitative estimate of drug-likeness (QED) is 0.549. The molecule has 1 fully saturated rings. The summed E-state index contributed by atoms with van der Waals surface area (Å²) in [6.45, 7) is 1.79. The van der Waals surface area contributed by atoms with Crippen LogP contribution in [0.25, 0.3) is 0 Å². The number of fused-ring (bicyclic) bond motifs is 1. The Hall–Kier alpha value is -2.55. The molecule has 31 heavy (non-hydrogen) atoms. The first-order valence-electron chi connectivity index (χ1n) is 10.3. The van der Waals surface area contributed by atoms with Crippen LogP contribution in [0.15, 0.2) is 52.5 Å². The second-order valence-corrected chi connectivity index (χ2v) is 9.67. The van der Waals surface area contributed by atoms with Crippen molar-refractivity contribution in [2.45, 2.75) is 35.1 Å². The summed E-state index contributed by atoms with van der Waals surface area (Å²) in [5, 5.41) is 0.431.